The quantitative estimate of drug-likeness (QED) is 0.770. The lowest BCUT2D eigenvalue weighted by Crippen LogP contribution is -2.28. The van der Waals surface area contributed by atoms with Gasteiger partial charge in [-0.1, -0.05) is 0 Å². The monoisotopic (exact) mass is 234 g/mol. The molecule has 0 saturated carbocycles. The van der Waals surface area contributed by atoms with Gasteiger partial charge in [-0.05, 0) is 13.8 Å². The number of hydrogen-bond acceptors (Lipinski definition) is 3. The molecule has 0 spiro atoms. The van der Waals surface area contributed by atoms with Crippen LogP contribution < -0.4 is 0 Å². The molecule has 0 N–H and O–H groups in total. The van der Waals surface area contributed by atoms with Crippen molar-refractivity contribution in [1.29, 1.82) is 5.26 Å². The lowest BCUT2D eigenvalue weighted by atomic mass is 10.3. The number of carbonyl (C=O) groups excluding carboxylic acids is 1. The molecule has 0 bridgehead atoms. The number of nitriles is 1. The van der Waals surface area contributed by atoms with Crippen LogP contribution in [0.25, 0.3) is 0 Å². The highest BCUT2D eigenvalue weighted by atomic mass is 16.2. The number of imidazole rings is 1. The van der Waals surface area contributed by atoms with E-state index < -0.39 is 0 Å². The third-order valence-corrected chi connectivity index (χ3v) is 2.90. The second kappa shape index (κ2) is 6.04. The van der Waals surface area contributed by atoms with Gasteiger partial charge in [0, 0.05) is 32.3 Å². The molecule has 1 rings (SSSR count). The van der Waals surface area contributed by atoms with E-state index in [0.29, 0.717) is 25.9 Å². The Labute approximate surface area is 102 Å². The summed E-state index contributed by atoms with van der Waals surface area (Å²) in [5.41, 5.74) is 2.09. The smallest absolute Gasteiger partial charge is 0.224 e. The van der Waals surface area contributed by atoms with Gasteiger partial charge in [-0.3, -0.25) is 4.79 Å². The summed E-state index contributed by atoms with van der Waals surface area (Å²) in [4.78, 5) is 17.5. The summed E-state index contributed by atoms with van der Waals surface area (Å²) >= 11 is 0. The van der Waals surface area contributed by atoms with Crippen molar-refractivity contribution < 1.29 is 4.79 Å². The zero-order valence-corrected chi connectivity index (χ0v) is 10.6. The van der Waals surface area contributed by atoms with Crippen LogP contribution in [0.15, 0.2) is 6.33 Å². The van der Waals surface area contributed by atoms with Gasteiger partial charge in [0.15, 0.2) is 0 Å². The van der Waals surface area contributed by atoms with Gasteiger partial charge in [-0.2, -0.15) is 5.26 Å². The van der Waals surface area contributed by atoms with Crippen molar-refractivity contribution >= 4 is 5.91 Å². The van der Waals surface area contributed by atoms with Gasteiger partial charge in [-0.25, -0.2) is 4.98 Å². The van der Waals surface area contributed by atoms with Crippen LogP contribution in [-0.4, -0.2) is 34.0 Å². The molecule has 17 heavy (non-hydrogen) atoms. The first-order valence-corrected chi connectivity index (χ1v) is 5.65. The van der Waals surface area contributed by atoms with E-state index in [1.54, 1.807) is 18.3 Å². The molecule has 5 nitrogen and oxygen atoms in total. The number of rotatable bonds is 5. The summed E-state index contributed by atoms with van der Waals surface area (Å²) in [6.07, 6.45) is 2.58. The molecule has 0 unspecified atom stereocenters. The fraction of sp³-hybridized carbons (Fsp3) is 0.583. The maximum absolute atomic E-state index is 11.7. The fourth-order valence-electron chi connectivity index (χ4n) is 1.52. The Morgan fingerprint density at radius 3 is 2.82 bits per heavy atom. The molecule has 0 aromatic carbocycles. The molecular formula is C12H18N4O. The average Bonchev–Trinajstić information content (AvgIpc) is 2.64. The van der Waals surface area contributed by atoms with Crippen LogP contribution in [0.1, 0.15) is 24.2 Å². The van der Waals surface area contributed by atoms with Crippen LogP contribution in [0.3, 0.4) is 0 Å². The number of amides is 1. The molecule has 0 fully saturated rings. The maximum atomic E-state index is 11.7. The Bertz CT molecular complexity index is 430. The largest absolute Gasteiger partial charge is 0.345 e. The highest BCUT2D eigenvalue weighted by molar-refractivity contribution is 5.75. The van der Waals surface area contributed by atoms with Gasteiger partial charge >= 0.3 is 0 Å². The summed E-state index contributed by atoms with van der Waals surface area (Å²) in [6, 6.07) is 2.03. The molecule has 0 saturated heterocycles. The molecule has 0 aliphatic rings. The molecule has 0 aliphatic heterocycles. The van der Waals surface area contributed by atoms with Gasteiger partial charge in [0.05, 0.1) is 24.5 Å². The van der Waals surface area contributed by atoms with Crippen LogP contribution in [0.2, 0.25) is 0 Å². The number of nitrogens with zero attached hydrogens (tertiary/aromatic N) is 4. The Morgan fingerprint density at radius 2 is 2.29 bits per heavy atom. The van der Waals surface area contributed by atoms with Crippen molar-refractivity contribution in [2.75, 3.05) is 13.6 Å². The van der Waals surface area contributed by atoms with E-state index in [9.17, 15) is 4.79 Å². The van der Waals surface area contributed by atoms with E-state index in [1.165, 1.54) is 0 Å². The Balaban J connectivity index is 2.43. The third kappa shape index (κ3) is 3.59. The topological polar surface area (TPSA) is 61.9 Å². The van der Waals surface area contributed by atoms with Crippen molar-refractivity contribution in [2.24, 2.45) is 0 Å². The van der Waals surface area contributed by atoms with E-state index in [-0.39, 0.29) is 5.91 Å². The highest BCUT2D eigenvalue weighted by Gasteiger charge is 2.09. The second-order valence-corrected chi connectivity index (χ2v) is 4.08. The predicted octanol–water partition coefficient (Wildman–Crippen LogP) is 1.26. The van der Waals surface area contributed by atoms with Crippen molar-refractivity contribution in [2.45, 2.75) is 33.2 Å². The minimum absolute atomic E-state index is 0.0611. The van der Waals surface area contributed by atoms with E-state index >= 15 is 0 Å². The van der Waals surface area contributed by atoms with Gasteiger partial charge in [0.1, 0.15) is 0 Å². The number of aryl methyl sites for hydroxylation is 2. The molecule has 0 radical (unpaired) electrons. The molecule has 92 valence electrons. The van der Waals surface area contributed by atoms with E-state index in [4.69, 9.17) is 5.26 Å². The normalized spacial score (nSPS) is 10.0. The number of hydrogen-bond donors (Lipinski definition) is 0. The molecule has 0 atom stereocenters. The number of aromatic nitrogens is 2. The summed E-state index contributed by atoms with van der Waals surface area (Å²) in [5, 5.41) is 8.44. The Kier molecular flexibility index (Phi) is 4.70. The zero-order chi connectivity index (χ0) is 12.8. The standard InChI is InChI=1S/C12H18N4O/c1-10-11(2)16(9-14-10)8-5-12(17)15(3)7-4-6-13/h9H,4-5,7-8H2,1-3H3. The van der Waals surface area contributed by atoms with Gasteiger partial charge < -0.3 is 9.47 Å². The molecule has 1 aromatic rings. The van der Waals surface area contributed by atoms with Crippen LogP contribution in [0, 0.1) is 25.2 Å². The third-order valence-electron chi connectivity index (χ3n) is 2.90. The van der Waals surface area contributed by atoms with Crippen LogP contribution >= 0.6 is 0 Å². The van der Waals surface area contributed by atoms with Gasteiger partial charge in [0.25, 0.3) is 0 Å². The first-order valence-electron chi connectivity index (χ1n) is 5.65. The zero-order valence-electron chi connectivity index (χ0n) is 10.6. The van der Waals surface area contributed by atoms with E-state index in [2.05, 4.69) is 4.98 Å². The lowest BCUT2D eigenvalue weighted by molar-refractivity contribution is -0.130. The van der Waals surface area contributed by atoms with E-state index in [0.717, 1.165) is 11.4 Å². The molecule has 0 aliphatic carbocycles. The van der Waals surface area contributed by atoms with Crippen molar-refractivity contribution in [3.05, 3.63) is 17.7 Å². The van der Waals surface area contributed by atoms with Gasteiger partial charge in [-0.15, -0.1) is 0 Å². The predicted molar refractivity (Wildman–Crippen MR) is 64.2 cm³/mol. The molecule has 1 amide bonds. The summed E-state index contributed by atoms with van der Waals surface area (Å²) in [7, 11) is 1.73. The van der Waals surface area contributed by atoms with Crippen molar-refractivity contribution in [3.63, 3.8) is 0 Å². The first-order chi connectivity index (χ1) is 8.06. The first kappa shape index (κ1) is 13.2. The molecular weight excluding hydrogens is 216 g/mol. The summed E-state index contributed by atoms with van der Waals surface area (Å²) in [5.74, 6) is 0.0611. The number of carbonyl (C=O) groups is 1. The minimum atomic E-state index is 0.0611. The SMILES string of the molecule is Cc1ncn(CCC(=O)N(C)CCC#N)c1C. The second-order valence-electron chi connectivity index (χ2n) is 4.08. The maximum Gasteiger partial charge on any atom is 0.224 e. The average molecular weight is 234 g/mol. The van der Waals surface area contributed by atoms with Gasteiger partial charge in [0.2, 0.25) is 5.91 Å². The van der Waals surface area contributed by atoms with Crippen LogP contribution in [-0.2, 0) is 11.3 Å². The van der Waals surface area contributed by atoms with Crippen LogP contribution in [0.4, 0.5) is 0 Å². The fourth-order valence-corrected chi connectivity index (χ4v) is 1.52. The molecule has 5 heteroatoms. The van der Waals surface area contributed by atoms with Crippen LogP contribution in [0.5, 0.6) is 0 Å². The Morgan fingerprint density at radius 1 is 1.59 bits per heavy atom. The van der Waals surface area contributed by atoms with Crippen molar-refractivity contribution in [1.82, 2.24) is 14.5 Å². The minimum Gasteiger partial charge on any atom is -0.345 e. The summed E-state index contributed by atoms with van der Waals surface area (Å²) < 4.78 is 1.98. The van der Waals surface area contributed by atoms with Crippen molar-refractivity contribution in [3.8, 4) is 6.07 Å². The summed E-state index contributed by atoms with van der Waals surface area (Å²) in [6.45, 7) is 5.08. The lowest BCUT2D eigenvalue weighted by Gasteiger charge is -2.15. The highest BCUT2D eigenvalue weighted by Crippen LogP contribution is 2.05. The molecule has 1 heterocycles. The van der Waals surface area contributed by atoms with E-state index in [1.807, 2.05) is 24.5 Å². The Hall–Kier alpha value is -1.83. The molecule has 1 aromatic heterocycles.